The lowest BCUT2D eigenvalue weighted by Crippen LogP contribution is -2.35. The molecule has 7 heteroatoms. The third-order valence-electron chi connectivity index (χ3n) is 2.02. The van der Waals surface area contributed by atoms with Crippen LogP contribution in [-0.2, 0) is 4.79 Å². The highest BCUT2D eigenvalue weighted by Gasteiger charge is 2.06. The van der Waals surface area contributed by atoms with E-state index in [2.05, 4.69) is 25.9 Å². The number of nitrogens with one attached hydrogen (secondary N) is 3. The van der Waals surface area contributed by atoms with Gasteiger partial charge in [0, 0.05) is 19.2 Å². The Kier molecular flexibility index (Phi) is 5.70. The Morgan fingerprint density at radius 1 is 1.39 bits per heavy atom. The molecule has 1 aromatic rings. The fourth-order valence-electron chi connectivity index (χ4n) is 1.28. The predicted molar refractivity (Wildman–Crippen MR) is 75.1 cm³/mol. The van der Waals surface area contributed by atoms with Gasteiger partial charge in [-0.3, -0.25) is 4.79 Å². The normalized spacial score (nSPS) is 10.3. The molecule has 3 N–H and O–H groups in total. The van der Waals surface area contributed by atoms with Crippen LogP contribution >= 0.6 is 11.8 Å². The first-order valence-corrected chi connectivity index (χ1v) is 6.91. The molecular weight excluding hydrogens is 250 g/mol. The van der Waals surface area contributed by atoms with Crippen LogP contribution in [0.5, 0.6) is 0 Å². The summed E-state index contributed by atoms with van der Waals surface area (Å²) in [7, 11) is 1.79. The molecule has 0 spiro atoms. The van der Waals surface area contributed by atoms with Crippen LogP contribution in [0.3, 0.4) is 0 Å². The van der Waals surface area contributed by atoms with Crippen LogP contribution in [-0.4, -0.2) is 41.8 Å². The van der Waals surface area contributed by atoms with E-state index in [-0.39, 0.29) is 18.5 Å². The lowest BCUT2D eigenvalue weighted by molar-refractivity contribution is -0.119. The highest BCUT2D eigenvalue weighted by molar-refractivity contribution is 7.98. The number of hydrogen-bond acceptors (Lipinski definition) is 6. The van der Waals surface area contributed by atoms with Crippen LogP contribution < -0.4 is 16.0 Å². The molecule has 0 saturated carbocycles. The number of thioether (sulfide) groups is 1. The summed E-state index contributed by atoms with van der Waals surface area (Å²) in [6, 6.07) is 1.90. The third-order valence-corrected chi connectivity index (χ3v) is 2.57. The summed E-state index contributed by atoms with van der Waals surface area (Å²) in [5.41, 5.74) is 0. The van der Waals surface area contributed by atoms with Crippen LogP contribution in [0, 0.1) is 0 Å². The van der Waals surface area contributed by atoms with E-state index >= 15 is 0 Å². The number of carbonyl (C=O) groups is 1. The van der Waals surface area contributed by atoms with Crippen molar-refractivity contribution >= 4 is 29.3 Å². The number of carbonyl (C=O) groups excluding carboxylic acids is 1. The number of rotatable bonds is 6. The fraction of sp³-hybridized carbons (Fsp3) is 0.545. The van der Waals surface area contributed by atoms with Crippen LogP contribution in [0.2, 0.25) is 0 Å². The zero-order valence-electron chi connectivity index (χ0n) is 11.1. The summed E-state index contributed by atoms with van der Waals surface area (Å²) in [4.78, 5) is 20.0. The zero-order valence-corrected chi connectivity index (χ0v) is 11.9. The van der Waals surface area contributed by atoms with Crippen LogP contribution in [0.25, 0.3) is 0 Å². The van der Waals surface area contributed by atoms with E-state index in [0.717, 1.165) is 5.82 Å². The lowest BCUT2D eigenvalue weighted by Gasteiger charge is -2.10. The van der Waals surface area contributed by atoms with Gasteiger partial charge in [-0.25, -0.2) is 9.97 Å². The van der Waals surface area contributed by atoms with Crippen molar-refractivity contribution in [3.8, 4) is 0 Å². The highest BCUT2D eigenvalue weighted by atomic mass is 32.2. The van der Waals surface area contributed by atoms with Crippen molar-refractivity contribution in [2.24, 2.45) is 0 Å². The number of hydrogen-bond donors (Lipinski definition) is 3. The first kappa shape index (κ1) is 14.6. The zero-order chi connectivity index (χ0) is 13.5. The Morgan fingerprint density at radius 2 is 2.06 bits per heavy atom. The second kappa shape index (κ2) is 7.05. The van der Waals surface area contributed by atoms with Crippen LogP contribution in [0.4, 0.5) is 11.6 Å². The quantitative estimate of drug-likeness (QED) is 0.531. The van der Waals surface area contributed by atoms with Crippen molar-refractivity contribution in [2.75, 3.05) is 30.5 Å². The van der Waals surface area contributed by atoms with Gasteiger partial charge in [0.25, 0.3) is 0 Å². The number of aromatic nitrogens is 2. The summed E-state index contributed by atoms with van der Waals surface area (Å²) in [6.07, 6.45) is 1.91. The molecule has 0 unspecified atom stereocenters. The van der Waals surface area contributed by atoms with E-state index in [0.29, 0.717) is 11.0 Å². The Hall–Kier alpha value is -1.50. The molecule has 1 heterocycles. The molecule has 6 nitrogen and oxygen atoms in total. The fourth-order valence-corrected chi connectivity index (χ4v) is 1.66. The van der Waals surface area contributed by atoms with Crippen molar-refractivity contribution in [3.05, 3.63) is 6.07 Å². The molecule has 0 saturated heterocycles. The van der Waals surface area contributed by atoms with Gasteiger partial charge < -0.3 is 16.0 Å². The van der Waals surface area contributed by atoms with Crippen molar-refractivity contribution in [2.45, 2.75) is 25.0 Å². The molecule has 0 aliphatic rings. The second-order valence-electron chi connectivity index (χ2n) is 3.95. The molecule has 0 aromatic carbocycles. The van der Waals surface area contributed by atoms with Crippen molar-refractivity contribution in [1.82, 2.24) is 15.3 Å². The van der Waals surface area contributed by atoms with Crippen LogP contribution in [0.1, 0.15) is 13.8 Å². The molecule has 0 aliphatic heterocycles. The topological polar surface area (TPSA) is 78.9 Å². The van der Waals surface area contributed by atoms with Gasteiger partial charge in [-0.05, 0) is 20.1 Å². The molecule has 0 bridgehead atoms. The smallest absolute Gasteiger partial charge is 0.239 e. The monoisotopic (exact) mass is 269 g/mol. The van der Waals surface area contributed by atoms with Gasteiger partial charge in [-0.2, -0.15) is 0 Å². The van der Waals surface area contributed by atoms with Crippen molar-refractivity contribution in [3.63, 3.8) is 0 Å². The van der Waals surface area contributed by atoms with E-state index in [4.69, 9.17) is 0 Å². The second-order valence-corrected chi connectivity index (χ2v) is 4.72. The van der Waals surface area contributed by atoms with E-state index in [1.165, 1.54) is 11.8 Å². The molecule has 1 aromatic heterocycles. The summed E-state index contributed by atoms with van der Waals surface area (Å²) < 4.78 is 0. The van der Waals surface area contributed by atoms with Crippen LogP contribution in [0.15, 0.2) is 11.2 Å². The SMILES string of the molecule is CNc1cc(NCC(=O)NC(C)C)nc(SC)n1. The molecule has 0 aliphatic carbocycles. The van der Waals surface area contributed by atoms with Crippen molar-refractivity contribution < 1.29 is 4.79 Å². The minimum atomic E-state index is -0.0553. The minimum Gasteiger partial charge on any atom is -0.373 e. The van der Waals surface area contributed by atoms with Gasteiger partial charge in [0.2, 0.25) is 5.91 Å². The van der Waals surface area contributed by atoms with Gasteiger partial charge in [0.05, 0.1) is 6.54 Å². The Labute approximate surface area is 111 Å². The Bertz CT molecular complexity index is 388. The average molecular weight is 269 g/mol. The van der Waals surface area contributed by atoms with E-state index < -0.39 is 0 Å². The summed E-state index contributed by atoms with van der Waals surface area (Å²) in [5.74, 6) is 1.30. The highest BCUT2D eigenvalue weighted by Crippen LogP contribution is 2.16. The molecule has 100 valence electrons. The third kappa shape index (κ3) is 4.79. The molecule has 0 fully saturated rings. The molecular formula is C11H19N5OS. The number of amides is 1. The predicted octanol–water partition coefficient (Wildman–Crippen LogP) is 1.18. The molecule has 1 rings (SSSR count). The van der Waals surface area contributed by atoms with E-state index in [1.54, 1.807) is 13.1 Å². The van der Waals surface area contributed by atoms with Crippen molar-refractivity contribution in [1.29, 1.82) is 0 Å². The molecule has 0 radical (unpaired) electrons. The van der Waals surface area contributed by atoms with Gasteiger partial charge in [-0.15, -0.1) is 0 Å². The molecule has 18 heavy (non-hydrogen) atoms. The number of nitrogens with zero attached hydrogens (tertiary/aromatic N) is 2. The van der Waals surface area contributed by atoms with E-state index in [1.807, 2.05) is 20.1 Å². The maximum absolute atomic E-state index is 11.5. The van der Waals surface area contributed by atoms with Gasteiger partial charge in [0.15, 0.2) is 5.16 Å². The van der Waals surface area contributed by atoms with Gasteiger partial charge in [0.1, 0.15) is 11.6 Å². The maximum atomic E-state index is 11.5. The maximum Gasteiger partial charge on any atom is 0.239 e. The Morgan fingerprint density at radius 3 is 2.61 bits per heavy atom. The average Bonchev–Trinajstić information content (AvgIpc) is 2.35. The van der Waals surface area contributed by atoms with Gasteiger partial charge in [-0.1, -0.05) is 11.8 Å². The first-order valence-electron chi connectivity index (χ1n) is 5.69. The lowest BCUT2D eigenvalue weighted by atomic mass is 10.4. The molecule has 1 amide bonds. The first-order chi connectivity index (χ1) is 8.55. The summed E-state index contributed by atoms with van der Waals surface area (Å²) in [5, 5.41) is 9.40. The largest absolute Gasteiger partial charge is 0.373 e. The molecule has 0 atom stereocenters. The van der Waals surface area contributed by atoms with Gasteiger partial charge >= 0.3 is 0 Å². The standard InChI is InChI=1S/C11H19N5OS/c1-7(2)14-10(17)6-13-9-5-8(12-3)15-11(16-9)18-4/h5,7H,6H2,1-4H3,(H,14,17)(H2,12,13,15,16). The minimum absolute atomic E-state index is 0.0553. The number of anilines is 2. The Balaban J connectivity index is 2.63. The summed E-state index contributed by atoms with van der Waals surface area (Å²) >= 11 is 1.45. The van der Waals surface area contributed by atoms with E-state index in [9.17, 15) is 4.79 Å². The summed E-state index contributed by atoms with van der Waals surface area (Å²) in [6.45, 7) is 4.05.